The number of hydrogen-bond acceptors (Lipinski definition) is 4. The lowest BCUT2D eigenvalue weighted by atomic mass is 9.79. The van der Waals surface area contributed by atoms with Crippen molar-refractivity contribution in [1.82, 2.24) is 25.6 Å². The zero-order valence-electron chi connectivity index (χ0n) is 16.0. The summed E-state index contributed by atoms with van der Waals surface area (Å²) in [5.41, 5.74) is -0.184. The third-order valence-corrected chi connectivity index (χ3v) is 4.68. The van der Waals surface area contributed by atoms with E-state index in [1.165, 1.54) is 29.1 Å². The van der Waals surface area contributed by atoms with Crippen LogP contribution >= 0.6 is 0 Å². The Balaban J connectivity index is 1.68. The highest BCUT2D eigenvalue weighted by Gasteiger charge is 2.38. The van der Waals surface area contributed by atoms with Crippen molar-refractivity contribution in [3.8, 4) is 0 Å². The third-order valence-electron chi connectivity index (χ3n) is 4.68. The van der Waals surface area contributed by atoms with Gasteiger partial charge >= 0.3 is 0 Å². The van der Waals surface area contributed by atoms with Gasteiger partial charge in [-0.1, -0.05) is 11.3 Å². The van der Waals surface area contributed by atoms with Crippen LogP contribution < -0.4 is 10.6 Å². The summed E-state index contributed by atoms with van der Waals surface area (Å²) in [6.45, 7) is 8.28. The molecule has 27 heavy (non-hydrogen) atoms. The van der Waals surface area contributed by atoms with E-state index in [4.69, 9.17) is 0 Å². The number of aromatic nitrogens is 3. The van der Waals surface area contributed by atoms with E-state index in [0.29, 0.717) is 0 Å². The van der Waals surface area contributed by atoms with E-state index in [0.717, 1.165) is 12.8 Å². The van der Waals surface area contributed by atoms with Crippen molar-refractivity contribution in [3.05, 3.63) is 47.3 Å². The molecule has 0 aliphatic carbocycles. The smallest absolute Gasteiger partial charge is 0.273 e. The molecule has 1 fully saturated rings. The average molecular weight is 377 g/mol. The second-order valence-corrected chi connectivity index (χ2v) is 8.47. The zero-order valence-corrected chi connectivity index (χ0v) is 16.0. The molecule has 1 saturated heterocycles. The van der Waals surface area contributed by atoms with Crippen LogP contribution in [-0.4, -0.2) is 38.0 Å². The van der Waals surface area contributed by atoms with Gasteiger partial charge in [-0.25, -0.2) is 13.5 Å². The first-order valence-corrected chi connectivity index (χ1v) is 8.98. The Hall–Kier alpha value is -2.35. The predicted octanol–water partition coefficient (Wildman–Crippen LogP) is 2.64. The van der Waals surface area contributed by atoms with Crippen LogP contribution in [0.2, 0.25) is 0 Å². The number of piperidine rings is 1. The Kier molecular flexibility index (Phi) is 5.03. The van der Waals surface area contributed by atoms with Gasteiger partial charge in [0.2, 0.25) is 0 Å². The molecule has 1 amide bonds. The monoisotopic (exact) mass is 377 g/mol. The number of carbonyl (C=O) groups excluding carboxylic acids is 1. The molecular formula is C19H25F2N5O. The minimum absolute atomic E-state index is 0.00193. The molecule has 3 rings (SSSR count). The largest absolute Gasteiger partial charge is 0.348 e. The molecule has 8 heteroatoms. The minimum Gasteiger partial charge on any atom is -0.348 e. The molecule has 0 unspecified atom stereocenters. The Labute approximate surface area is 157 Å². The van der Waals surface area contributed by atoms with E-state index in [-0.39, 0.29) is 40.8 Å². The van der Waals surface area contributed by atoms with Gasteiger partial charge in [0, 0.05) is 22.7 Å². The summed E-state index contributed by atoms with van der Waals surface area (Å²) in [6.07, 6.45) is 2.98. The molecule has 2 N–H and O–H groups in total. The molecule has 1 aromatic carbocycles. The summed E-state index contributed by atoms with van der Waals surface area (Å²) >= 11 is 0. The van der Waals surface area contributed by atoms with Gasteiger partial charge in [-0.05, 0) is 52.7 Å². The highest BCUT2D eigenvalue weighted by Crippen LogP contribution is 2.28. The molecular weight excluding hydrogens is 352 g/mol. The topological polar surface area (TPSA) is 71.8 Å². The molecule has 1 aliphatic rings. The molecule has 0 bridgehead atoms. The lowest BCUT2D eigenvalue weighted by Gasteiger charge is -2.46. The molecule has 2 aromatic rings. The molecule has 2 heterocycles. The summed E-state index contributed by atoms with van der Waals surface area (Å²) in [6, 6.07) is 3.67. The number of nitrogens with one attached hydrogen (secondary N) is 2. The number of carbonyl (C=O) groups is 1. The molecule has 0 saturated carbocycles. The van der Waals surface area contributed by atoms with Crippen LogP contribution in [0.25, 0.3) is 0 Å². The molecule has 1 aromatic heterocycles. The molecule has 0 radical (unpaired) electrons. The van der Waals surface area contributed by atoms with Gasteiger partial charge in [-0.2, -0.15) is 0 Å². The Bertz CT molecular complexity index is 810. The van der Waals surface area contributed by atoms with Crippen molar-refractivity contribution in [3.63, 3.8) is 0 Å². The summed E-state index contributed by atoms with van der Waals surface area (Å²) in [7, 11) is 0. The van der Waals surface area contributed by atoms with Crippen LogP contribution in [0.3, 0.4) is 0 Å². The molecule has 146 valence electrons. The summed E-state index contributed by atoms with van der Waals surface area (Å²) in [5.74, 6) is -1.65. The van der Waals surface area contributed by atoms with Crippen molar-refractivity contribution >= 4 is 5.91 Å². The van der Waals surface area contributed by atoms with Gasteiger partial charge in [-0.3, -0.25) is 4.79 Å². The van der Waals surface area contributed by atoms with Gasteiger partial charge in [0.1, 0.15) is 11.6 Å². The van der Waals surface area contributed by atoms with Gasteiger partial charge in [0.05, 0.1) is 12.7 Å². The lowest BCUT2D eigenvalue weighted by Crippen LogP contribution is -2.62. The van der Waals surface area contributed by atoms with Crippen molar-refractivity contribution < 1.29 is 13.6 Å². The number of amides is 1. The Morgan fingerprint density at radius 1 is 1.22 bits per heavy atom. The number of hydrogen-bond donors (Lipinski definition) is 2. The van der Waals surface area contributed by atoms with Crippen molar-refractivity contribution in [1.29, 1.82) is 0 Å². The first-order valence-electron chi connectivity index (χ1n) is 8.98. The third kappa shape index (κ3) is 4.68. The number of rotatable bonds is 4. The summed E-state index contributed by atoms with van der Waals surface area (Å²) < 4.78 is 28.8. The Morgan fingerprint density at radius 3 is 2.41 bits per heavy atom. The first kappa shape index (κ1) is 19.4. The SMILES string of the molecule is CC1(C)CC(NC(=O)c2cn(Cc3c(F)cccc3F)nn2)CC(C)(C)N1. The second-order valence-electron chi connectivity index (χ2n) is 8.47. The highest BCUT2D eigenvalue weighted by molar-refractivity contribution is 5.92. The maximum absolute atomic E-state index is 13.8. The quantitative estimate of drug-likeness (QED) is 0.859. The Morgan fingerprint density at radius 2 is 1.81 bits per heavy atom. The molecule has 6 nitrogen and oxygen atoms in total. The van der Waals surface area contributed by atoms with Gasteiger partial charge in [0.25, 0.3) is 5.91 Å². The van der Waals surface area contributed by atoms with Crippen molar-refractivity contribution in [2.45, 2.75) is 64.2 Å². The predicted molar refractivity (Wildman–Crippen MR) is 97.3 cm³/mol. The standard InChI is InChI=1S/C19H25F2N5O/c1-18(2)8-12(9-19(3,4)24-18)22-17(27)16-11-26(25-23-16)10-13-14(20)6-5-7-15(13)21/h5-7,11-12,24H,8-10H2,1-4H3,(H,22,27). The van der Waals surface area contributed by atoms with E-state index in [2.05, 4.69) is 48.6 Å². The maximum Gasteiger partial charge on any atom is 0.273 e. The zero-order chi connectivity index (χ0) is 19.8. The number of nitrogens with zero attached hydrogens (tertiary/aromatic N) is 3. The normalized spacial score (nSPS) is 19.0. The molecule has 1 aliphatic heterocycles. The van der Waals surface area contributed by atoms with Crippen LogP contribution in [0.5, 0.6) is 0 Å². The van der Waals surface area contributed by atoms with Crippen LogP contribution in [0.15, 0.2) is 24.4 Å². The van der Waals surface area contributed by atoms with Crippen LogP contribution in [0.1, 0.15) is 56.6 Å². The van der Waals surface area contributed by atoms with Crippen molar-refractivity contribution in [2.24, 2.45) is 0 Å². The van der Waals surface area contributed by atoms with E-state index < -0.39 is 11.6 Å². The van der Waals surface area contributed by atoms with Gasteiger partial charge in [-0.15, -0.1) is 5.10 Å². The fraction of sp³-hybridized carbons (Fsp3) is 0.526. The van der Waals surface area contributed by atoms with Crippen LogP contribution in [0, 0.1) is 11.6 Å². The van der Waals surface area contributed by atoms with Gasteiger partial charge in [0.15, 0.2) is 5.69 Å². The maximum atomic E-state index is 13.8. The van der Waals surface area contributed by atoms with E-state index in [1.807, 2.05) is 0 Å². The first-order chi connectivity index (χ1) is 12.5. The van der Waals surface area contributed by atoms with E-state index >= 15 is 0 Å². The van der Waals surface area contributed by atoms with E-state index in [1.54, 1.807) is 0 Å². The lowest BCUT2D eigenvalue weighted by molar-refractivity contribution is 0.0868. The average Bonchev–Trinajstić information content (AvgIpc) is 2.96. The van der Waals surface area contributed by atoms with E-state index in [9.17, 15) is 13.6 Å². The fourth-order valence-electron chi connectivity index (χ4n) is 4.01. The second kappa shape index (κ2) is 6.99. The molecule has 0 spiro atoms. The van der Waals surface area contributed by atoms with Crippen molar-refractivity contribution in [2.75, 3.05) is 0 Å². The minimum atomic E-state index is -0.657. The molecule has 0 atom stereocenters. The van der Waals surface area contributed by atoms with Crippen LogP contribution in [0.4, 0.5) is 8.78 Å². The summed E-state index contributed by atoms with van der Waals surface area (Å²) in [5, 5.41) is 14.2. The fourth-order valence-corrected chi connectivity index (χ4v) is 4.01. The van der Waals surface area contributed by atoms with Crippen LogP contribution in [-0.2, 0) is 6.54 Å². The number of halogens is 2. The van der Waals surface area contributed by atoms with Gasteiger partial charge < -0.3 is 10.6 Å². The summed E-state index contributed by atoms with van der Waals surface area (Å²) in [4.78, 5) is 12.5. The number of benzene rings is 1. The highest BCUT2D eigenvalue weighted by atomic mass is 19.1.